The number of hydrogen-bond acceptors (Lipinski definition) is 3. The largest absolute Gasteiger partial charge is 0.343 e. The van der Waals surface area contributed by atoms with Gasteiger partial charge in [-0.3, -0.25) is 14.9 Å². The van der Waals surface area contributed by atoms with Gasteiger partial charge in [-0.1, -0.05) is 0 Å². The molecule has 0 unspecified atom stereocenters. The van der Waals surface area contributed by atoms with Crippen LogP contribution in [-0.4, -0.2) is 41.9 Å². The summed E-state index contributed by atoms with van der Waals surface area (Å²) in [7, 11) is 0. The molecule has 2 saturated heterocycles. The first-order valence-electron chi connectivity index (χ1n) is 5.56. The molecule has 0 aromatic rings. The van der Waals surface area contributed by atoms with Crippen LogP contribution in [0.1, 0.15) is 25.7 Å². The minimum absolute atomic E-state index is 0.0537. The Morgan fingerprint density at radius 2 is 1.94 bits per heavy atom. The van der Waals surface area contributed by atoms with Gasteiger partial charge in [0.15, 0.2) is 0 Å². The maximum atomic E-state index is 11.8. The summed E-state index contributed by atoms with van der Waals surface area (Å²) >= 11 is 0. The fourth-order valence-corrected chi connectivity index (χ4v) is 2.05. The van der Waals surface area contributed by atoms with Crippen molar-refractivity contribution in [1.82, 2.24) is 15.5 Å². The monoisotopic (exact) mass is 225 g/mol. The van der Waals surface area contributed by atoms with Crippen LogP contribution in [0.2, 0.25) is 0 Å². The molecule has 0 spiro atoms. The molecule has 2 fully saturated rings. The van der Waals surface area contributed by atoms with E-state index in [1.54, 1.807) is 4.90 Å². The van der Waals surface area contributed by atoms with Crippen molar-refractivity contribution in [2.24, 2.45) is 0 Å². The summed E-state index contributed by atoms with van der Waals surface area (Å²) < 4.78 is 0. The minimum Gasteiger partial charge on any atom is -0.343 e. The number of nitrogens with one attached hydrogen (secondary N) is 2. The first kappa shape index (κ1) is 10.9. The Morgan fingerprint density at radius 3 is 2.50 bits per heavy atom. The second kappa shape index (κ2) is 4.51. The van der Waals surface area contributed by atoms with E-state index in [0.29, 0.717) is 0 Å². The maximum Gasteiger partial charge on any atom is 0.322 e. The van der Waals surface area contributed by atoms with Crippen molar-refractivity contribution in [2.75, 3.05) is 13.1 Å². The Labute approximate surface area is 93.4 Å². The zero-order valence-corrected chi connectivity index (χ0v) is 8.99. The van der Waals surface area contributed by atoms with E-state index in [2.05, 4.69) is 10.6 Å². The third-order valence-corrected chi connectivity index (χ3v) is 2.95. The summed E-state index contributed by atoms with van der Waals surface area (Å²) in [5.74, 6) is -0.461. The van der Waals surface area contributed by atoms with Gasteiger partial charge in [0.25, 0.3) is 5.91 Å². The number of nitrogens with zero attached hydrogens (tertiary/aromatic N) is 1. The molecule has 1 atom stereocenters. The van der Waals surface area contributed by atoms with Crippen LogP contribution in [0.3, 0.4) is 0 Å². The lowest BCUT2D eigenvalue weighted by atomic mass is 10.1. The van der Waals surface area contributed by atoms with E-state index in [1.807, 2.05) is 0 Å². The second-order valence-corrected chi connectivity index (χ2v) is 4.16. The van der Waals surface area contributed by atoms with Crippen LogP contribution in [-0.2, 0) is 9.59 Å². The van der Waals surface area contributed by atoms with Crippen molar-refractivity contribution in [3.8, 4) is 0 Å². The zero-order chi connectivity index (χ0) is 11.5. The van der Waals surface area contributed by atoms with E-state index in [0.717, 1.165) is 32.4 Å². The summed E-state index contributed by atoms with van der Waals surface area (Å²) in [5, 5.41) is 4.54. The number of imide groups is 1. The average Bonchev–Trinajstić information content (AvgIpc) is 2.59. The summed E-state index contributed by atoms with van der Waals surface area (Å²) in [6, 6.07) is -1.21. The van der Waals surface area contributed by atoms with Gasteiger partial charge < -0.3 is 10.2 Å². The lowest BCUT2D eigenvalue weighted by Crippen LogP contribution is -2.41. The molecule has 2 aliphatic rings. The Balaban J connectivity index is 1.86. The van der Waals surface area contributed by atoms with Crippen molar-refractivity contribution < 1.29 is 14.4 Å². The van der Waals surface area contributed by atoms with Crippen LogP contribution in [0.5, 0.6) is 0 Å². The number of carbonyl (C=O) groups is 3. The van der Waals surface area contributed by atoms with E-state index in [4.69, 9.17) is 0 Å². The molecule has 0 aliphatic carbocycles. The molecule has 0 saturated carbocycles. The molecule has 6 nitrogen and oxygen atoms in total. The molecule has 0 aromatic heterocycles. The van der Waals surface area contributed by atoms with E-state index in [9.17, 15) is 14.4 Å². The number of amides is 4. The van der Waals surface area contributed by atoms with Crippen molar-refractivity contribution in [3.63, 3.8) is 0 Å². The van der Waals surface area contributed by atoms with Crippen LogP contribution >= 0.6 is 0 Å². The summed E-state index contributed by atoms with van der Waals surface area (Å²) in [6.45, 7) is 1.53. The standard InChI is InChI=1S/C10H15N3O3/c14-8(13-4-2-1-3-5-13)6-7-9(15)12-10(16)11-7/h7H,1-6H2,(H2,11,12,15,16)/t7-/m0/s1. The van der Waals surface area contributed by atoms with Crippen LogP contribution in [0, 0.1) is 0 Å². The maximum absolute atomic E-state index is 11.8. The van der Waals surface area contributed by atoms with Gasteiger partial charge in [0.05, 0.1) is 6.42 Å². The van der Waals surface area contributed by atoms with Gasteiger partial charge in [0.2, 0.25) is 5.91 Å². The topological polar surface area (TPSA) is 78.5 Å². The highest BCUT2D eigenvalue weighted by molar-refractivity contribution is 6.05. The molecule has 2 N–H and O–H groups in total. The Morgan fingerprint density at radius 1 is 1.25 bits per heavy atom. The predicted octanol–water partition coefficient (Wildman–Crippen LogP) is -0.403. The Bertz CT molecular complexity index is 323. The molecule has 0 bridgehead atoms. The van der Waals surface area contributed by atoms with Gasteiger partial charge in [-0.2, -0.15) is 0 Å². The highest BCUT2D eigenvalue weighted by atomic mass is 16.2. The van der Waals surface area contributed by atoms with Crippen molar-refractivity contribution in [1.29, 1.82) is 0 Å². The lowest BCUT2D eigenvalue weighted by molar-refractivity contribution is -0.134. The van der Waals surface area contributed by atoms with Gasteiger partial charge in [0, 0.05) is 13.1 Å². The molecular weight excluding hydrogens is 210 g/mol. The van der Waals surface area contributed by atoms with Gasteiger partial charge in [-0.15, -0.1) is 0 Å². The first-order chi connectivity index (χ1) is 7.66. The van der Waals surface area contributed by atoms with E-state index >= 15 is 0 Å². The number of carbonyl (C=O) groups excluding carboxylic acids is 3. The predicted molar refractivity (Wildman–Crippen MR) is 55.5 cm³/mol. The summed E-state index contributed by atoms with van der Waals surface area (Å²) in [5.41, 5.74) is 0. The summed E-state index contributed by atoms with van der Waals surface area (Å²) in [6.07, 6.45) is 3.27. The van der Waals surface area contributed by atoms with Gasteiger partial charge in [-0.25, -0.2) is 4.79 Å². The average molecular weight is 225 g/mol. The van der Waals surface area contributed by atoms with E-state index in [-0.39, 0.29) is 12.3 Å². The van der Waals surface area contributed by atoms with Gasteiger partial charge in [-0.05, 0) is 19.3 Å². The van der Waals surface area contributed by atoms with Crippen LogP contribution in [0.25, 0.3) is 0 Å². The number of hydrogen-bond donors (Lipinski definition) is 2. The third-order valence-electron chi connectivity index (χ3n) is 2.95. The molecule has 4 amide bonds. The smallest absolute Gasteiger partial charge is 0.322 e. The van der Waals surface area contributed by atoms with E-state index in [1.165, 1.54) is 0 Å². The molecule has 2 heterocycles. The molecular formula is C10H15N3O3. The molecule has 16 heavy (non-hydrogen) atoms. The normalized spacial score (nSPS) is 25.2. The molecule has 2 rings (SSSR count). The first-order valence-corrected chi connectivity index (χ1v) is 5.56. The molecule has 88 valence electrons. The number of urea groups is 1. The third kappa shape index (κ3) is 2.32. The van der Waals surface area contributed by atoms with Crippen molar-refractivity contribution >= 4 is 17.8 Å². The Kier molecular flexibility index (Phi) is 3.07. The van der Waals surface area contributed by atoms with Crippen molar-refractivity contribution in [2.45, 2.75) is 31.7 Å². The highest BCUT2D eigenvalue weighted by Crippen LogP contribution is 2.11. The lowest BCUT2D eigenvalue weighted by Gasteiger charge is -2.27. The van der Waals surface area contributed by atoms with Crippen LogP contribution in [0.15, 0.2) is 0 Å². The molecule has 0 radical (unpaired) electrons. The number of piperidine rings is 1. The highest BCUT2D eigenvalue weighted by Gasteiger charge is 2.32. The van der Waals surface area contributed by atoms with Gasteiger partial charge >= 0.3 is 6.03 Å². The van der Waals surface area contributed by atoms with Crippen LogP contribution in [0.4, 0.5) is 4.79 Å². The molecule has 6 heteroatoms. The zero-order valence-electron chi connectivity index (χ0n) is 8.99. The van der Waals surface area contributed by atoms with Crippen LogP contribution < -0.4 is 10.6 Å². The Hall–Kier alpha value is -1.59. The summed E-state index contributed by atoms with van der Waals surface area (Å²) in [4.78, 5) is 35.7. The van der Waals surface area contributed by atoms with Crippen molar-refractivity contribution in [3.05, 3.63) is 0 Å². The fourth-order valence-electron chi connectivity index (χ4n) is 2.05. The number of likely N-dealkylation sites (tertiary alicyclic amines) is 1. The SMILES string of the molecule is O=C1NC(=O)[C@H](CC(=O)N2CCCCC2)N1. The quantitative estimate of drug-likeness (QED) is 0.627. The minimum atomic E-state index is -0.693. The second-order valence-electron chi connectivity index (χ2n) is 4.16. The fraction of sp³-hybridized carbons (Fsp3) is 0.700. The molecule has 2 aliphatic heterocycles. The number of rotatable bonds is 2. The molecule has 0 aromatic carbocycles. The van der Waals surface area contributed by atoms with E-state index < -0.39 is 18.0 Å². The van der Waals surface area contributed by atoms with Gasteiger partial charge in [0.1, 0.15) is 6.04 Å².